The highest BCUT2D eigenvalue weighted by atomic mass is 15.7. The standard InChI is InChI=1S/C52H32/c1-5-13-14-6-2-10-20-21-24-23-22-19-12-4-11-16-15-7-3-9-18-17-8(1)29(5)35-25(13)33(14)30(6,10)42(20)43(21)46(24)44(23)45(22)41(19)32(11,12)40(16)34(15)26-36-28-37(38(17,29)39(18,36)31(7,9)34)27(35)48(43,50(33,35)42)52(37,46)49(28,44)51(36,45)47(26,40)41/h5-28H,1-4H2. The second-order valence-electron chi connectivity index (χ2n) is 33.7. The minimum Gasteiger partial charge on any atom is -0.0458 e. The highest BCUT2D eigenvalue weighted by Gasteiger charge is 3.64. The third-order valence-electron chi connectivity index (χ3n) is 45.0. The minimum absolute atomic E-state index is 1.08. The lowest BCUT2D eigenvalue weighted by Gasteiger charge is -3.56. The molecule has 37 rings (SSSR count). The van der Waals surface area contributed by atoms with Gasteiger partial charge in [0.1, 0.15) is 0 Å². The fourth-order valence-corrected chi connectivity index (χ4v) is 57.1. The molecule has 37 aliphatic rings. The molecule has 37 saturated carbocycles. The summed E-state index contributed by atoms with van der Waals surface area (Å²) in [6.07, 6.45) is 7.49. The molecule has 0 aromatic rings. The van der Waals surface area contributed by atoms with Crippen molar-refractivity contribution in [2.75, 3.05) is 0 Å². The van der Waals surface area contributed by atoms with E-state index < -0.39 is 0 Å². The first-order chi connectivity index (χ1) is 25.8. The van der Waals surface area contributed by atoms with Gasteiger partial charge < -0.3 is 0 Å². The fraction of sp³-hybridized carbons (Fsp3) is 1.00. The molecular weight excluding hydrogens is 625 g/mol. The Morgan fingerprint density at radius 2 is 0.712 bits per heavy atom. The summed E-state index contributed by atoms with van der Waals surface area (Å²) in [5.74, 6) is 33.8. The van der Waals surface area contributed by atoms with Gasteiger partial charge in [-0.25, -0.2) is 0 Å². The van der Waals surface area contributed by atoms with E-state index >= 15 is 0 Å². The SMILES string of the molecule is C1C2C3C4C5CC6C7C8C9C%10C%11C%12C%13CC%14C%15C%16C%17CC%18C%19C%20C1C21C32C3C%21%22C%23C%24%25C%26C%27(C%16C%15%16C%14%13C%12%13C%11%12C%10%11C9%10C89C78C56C42C38C%219C%23%10C%24%11C%26%12C%27%16%13)C%17%18C%19%25C%201%22. The summed E-state index contributed by atoms with van der Waals surface area (Å²) in [5, 5.41) is 0. The lowest BCUT2D eigenvalue weighted by molar-refractivity contribution is -1.12. The van der Waals surface area contributed by atoms with Crippen molar-refractivity contribution in [3.8, 4) is 0 Å². The van der Waals surface area contributed by atoms with Crippen molar-refractivity contribution in [3.63, 3.8) is 0 Å². The van der Waals surface area contributed by atoms with Crippen LogP contribution in [-0.2, 0) is 0 Å². The van der Waals surface area contributed by atoms with Gasteiger partial charge in [0.15, 0.2) is 0 Å². The van der Waals surface area contributed by atoms with E-state index in [-0.39, 0.29) is 0 Å². The second-order valence-corrected chi connectivity index (χ2v) is 33.7. The number of hydrogen-bond acceptors (Lipinski definition) is 0. The third kappa shape index (κ3) is 0.381. The van der Waals surface area contributed by atoms with E-state index in [1.807, 2.05) is 25.7 Å². The largest absolute Gasteiger partial charge is 0.0458 e. The van der Waals surface area contributed by atoms with Crippen LogP contribution in [0, 0.1) is 272 Å². The van der Waals surface area contributed by atoms with Crippen LogP contribution >= 0.6 is 0 Å². The van der Waals surface area contributed by atoms with Crippen molar-refractivity contribution in [2.45, 2.75) is 25.7 Å². The molecule has 0 aromatic heterocycles. The highest BCUT2D eigenvalue weighted by molar-refractivity contribution is 6.09. The molecule has 37 fully saturated rings. The summed E-state index contributed by atoms with van der Waals surface area (Å²) in [6, 6.07) is 0. The quantitative estimate of drug-likeness (QED) is 0.360. The minimum atomic E-state index is 1.08. The zero-order valence-electron chi connectivity index (χ0n) is 28.7. The van der Waals surface area contributed by atoms with Gasteiger partial charge in [-0.15, -0.1) is 0 Å². The van der Waals surface area contributed by atoms with E-state index in [2.05, 4.69) is 0 Å². The maximum absolute atomic E-state index is 1.90. The van der Waals surface area contributed by atoms with Crippen molar-refractivity contribution in [2.24, 2.45) is 272 Å². The first-order valence-corrected chi connectivity index (χ1v) is 25.8. The average Bonchev–Trinajstić information content (AvgIpc) is 3.45. The number of rotatable bonds is 0. The molecule has 48 unspecified atom stereocenters. The molecular formula is C52H32. The lowest BCUT2D eigenvalue weighted by Crippen LogP contribution is -3.55. The first kappa shape index (κ1) is 17.5. The molecule has 0 N–H and O–H groups in total. The van der Waals surface area contributed by atoms with E-state index in [0.29, 0.717) is 0 Å². The Morgan fingerprint density at radius 3 is 1.56 bits per heavy atom. The van der Waals surface area contributed by atoms with Crippen molar-refractivity contribution >= 4 is 0 Å². The molecule has 0 bridgehead atoms. The Balaban J connectivity index is 0.890. The summed E-state index contributed by atoms with van der Waals surface area (Å²) < 4.78 is 0. The van der Waals surface area contributed by atoms with E-state index in [0.717, 1.165) is 130 Å². The second kappa shape index (κ2) is 2.63. The molecule has 0 heterocycles. The van der Waals surface area contributed by atoms with Crippen molar-refractivity contribution < 1.29 is 0 Å². The van der Waals surface area contributed by atoms with Gasteiger partial charge in [0, 0.05) is 0 Å². The topological polar surface area (TPSA) is 0 Å². The molecule has 0 saturated heterocycles. The maximum Gasteiger partial charge on any atom is -0.00153 e. The van der Waals surface area contributed by atoms with Crippen LogP contribution in [0.5, 0.6) is 0 Å². The number of fused-ring (bicyclic) bond motifs is 16. The lowest BCUT2D eigenvalue weighted by atomic mass is 8.46. The third-order valence-corrected chi connectivity index (χ3v) is 45.0. The van der Waals surface area contributed by atoms with Crippen LogP contribution in [0.1, 0.15) is 25.7 Å². The van der Waals surface area contributed by atoms with Crippen LogP contribution in [0.4, 0.5) is 0 Å². The maximum atomic E-state index is 1.90. The smallest absolute Gasteiger partial charge is 0.00153 e. The normalized spacial score (nSPS) is 140. The van der Waals surface area contributed by atoms with Gasteiger partial charge in [-0.1, -0.05) is 0 Å². The van der Waals surface area contributed by atoms with E-state index in [1.165, 1.54) is 142 Å². The molecule has 0 heteroatoms. The van der Waals surface area contributed by atoms with Gasteiger partial charge in [-0.05, 0) is 298 Å². The molecule has 52 heavy (non-hydrogen) atoms. The molecule has 0 aliphatic heterocycles. The summed E-state index contributed by atoms with van der Waals surface area (Å²) >= 11 is 0. The van der Waals surface area contributed by atoms with E-state index in [1.54, 1.807) is 0 Å². The molecule has 48 atom stereocenters. The van der Waals surface area contributed by atoms with Crippen LogP contribution in [0.3, 0.4) is 0 Å². The van der Waals surface area contributed by atoms with E-state index in [4.69, 9.17) is 0 Å². The summed E-state index contributed by atoms with van der Waals surface area (Å²) in [6.45, 7) is 0. The zero-order chi connectivity index (χ0) is 28.7. The Labute approximate surface area is 296 Å². The van der Waals surface area contributed by atoms with Gasteiger partial charge in [-0.2, -0.15) is 0 Å². The van der Waals surface area contributed by atoms with Crippen molar-refractivity contribution in [1.29, 1.82) is 0 Å². The Hall–Kier alpha value is 0. The highest BCUT2D eigenvalue weighted by Crippen LogP contribution is 3.66. The van der Waals surface area contributed by atoms with Gasteiger partial charge in [-0.3, -0.25) is 0 Å². The van der Waals surface area contributed by atoms with Gasteiger partial charge in [0.2, 0.25) is 0 Å². The molecule has 24 spiro atoms. The number of hydrogen-bond donors (Lipinski definition) is 0. The van der Waals surface area contributed by atoms with Crippen molar-refractivity contribution in [3.05, 3.63) is 0 Å². The fourth-order valence-electron chi connectivity index (χ4n) is 57.1. The molecule has 0 aromatic carbocycles. The van der Waals surface area contributed by atoms with Crippen LogP contribution in [0.15, 0.2) is 0 Å². The first-order valence-electron chi connectivity index (χ1n) is 25.8. The van der Waals surface area contributed by atoms with Gasteiger partial charge in [0.25, 0.3) is 0 Å². The van der Waals surface area contributed by atoms with Crippen LogP contribution in [-0.4, -0.2) is 0 Å². The summed E-state index contributed by atoms with van der Waals surface area (Å²) in [5.41, 5.74) is 26.7. The Morgan fingerprint density at radius 1 is 0.231 bits per heavy atom. The predicted octanol–water partition coefficient (Wildman–Crippen LogP) is 4.51. The summed E-state index contributed by atoms with van der Waals surface area (Å²) in [4.78, 5) is 0. The molecule has 37 aliphatic carbocycles. The monoisotopic (exact) mass is 656 g/mol. The van der Waals surface area contributed by atoms with Gasteiger partial charge >= 0.3 is 0 Å². The molecule has 0 radical (unpaired) electrons. The Bertz CT molecular complexity index is 3420. The zero-order valence-corrected chi connectivity index (χ0v) is 28.7. The van der Waals surface area contributed by atoms with Crippen LogP contribution in [0.25, 0.3) is 0 Å². The molecule has 240 valence electrons. The molecule has 0 nitrogen and oxygen atoms in total. The molecule has 0 amide bonds. The van der Waals surface area contributed by atoms with Crippen LogP contribution < -0.4 is 0 Å². The predicted molar refractivity (Wildman–Crippen MR) is 161 cm³/mol. The van der Waals surface area contributed by atoms with Crippen molar-refractivity contribution in [1.82, 2.24) is 0 Å². The Kier molecular flexibility index (Phi) is 0.885. The summed E-state index contributed by atoms with van der Waals surface area (Å²) in [7, 11) is 0. The average molecular weight is 657 g/mol. The van der Waals surface area contributed by atoms with Gasteiger partial charge in [0.05, 0.1) is 0 Å². The van der Waals surface area contributed by atoms with Crippen LogP contribution in [0.2, 0.25) is 0 Å². The van der Waals surface area contributed by atoms with E-state index in [9.17, 15) is 0 Å².